The molecule has 2 atom stereocenters. The molecule has 0 saturated carbocycles. The summed E-state index contributed by atoms with van der Waals surface area (Å²) in [6.07, 6.45) is 2.34. The SMILES string of the molecule is CC1Oc2ccccc2OC1C(=O)NCc1ncc[nH]1. The van der Waals surface area contributed by atoms with Gasteiger partial charge in [0.2, 0.25) is 6.10 Å². The average Bonchev–Trinajstić information content (AvgIpc) is 2.97. The number of rotatable bonds is 3. The van der Waals surface area contributed by atoms with Gasteiger partial charge in [0.25, 0.3) is 5.91 Å². The monoisotopic (exact) mass is 273 g/mol. The van der Waals surface area contributed by atoms with E-state index in [-0.39, 0.29) is 12.0 Å². The number of ether oxygens (including phenoxy) is 2. The lowest BCUT2D eigenvalue weighted by Crippen LogP contribution is -2.48. The Morgan fingerprint density at radius 3 is 2.80 bits per heavy atom. The van der Waals surface area contributed by atoms with Crippen molar-refractivity contribution in [3.05, 3.63) is 42.5 Å². The first-order valence-corrected chi connectivity index (χ1v) is 6.42. The quantitative estimate of drug-likeness (QED) is 0.882. The number of nitrogens with zero attached hydrogens (tertiary/aromatic N) is 1. The highest BCUT2D eigenvalue weighted by atomic mass is 16.6. The molecule has 1 aromatic heterocycles. The highest BCUT2D eigenvalue weighted by Gasteiger charge is 2.33. The molecule has 6 nitrogen and oxygen atoms in total. The molecule has 3 rings (SSSR count). The van der Waals surface area contributed by atoms with Crippen molar-refractivity contribution >= 4 is 5.91 Å². The van der Waals surface area contributed by atoms with Crippen LogP contribution in [0.3, 0.4) is 0 Å². The number of aromatic amines is 1. The maximum absolute atomic E-state index is 12.2. The third-order valence-electron chi connectivity index (χ3n) is 3.09. The lowest BCUT2D eigenvalue weighted by Gasteiger charge is -2.30. The Kier molecular flexibility index (Phi) is 3.28. The Hall–Kier alpha value is -2.50. The van der Waals surface area contributed by atoms with Crippen LogP contribution < -0.4 is 14.8 Å². The number of hydrogen-bond acceptors (Lipinski definition) is 4. The van der Waals surface area contributed by atoms with Gasteiger partial charge in [-0.15, -0.1) is 0 Å². The number of fused-ring (bicyclic) bond motifs is 1. The van der Waals surface area contributed by atoms with Crippen molar-refractivity contribution in [2.75, 3.05) is 0 Å². The third-order valence-corrected chi connectivity index (χ3v) is 3.09. The van der Waals surface area contributed by atoms with Crippen LogP contribution in [-0.4, -0.2) is 28.1 Å². The van der Waals surface area contributed by atoms with Gasteiger partial charge in [-0.25, -0.2) is 4.98 Å². The van der Waals surface area contributed by atoms with E-state index in [2.05, 4.69) is 15.3 Å². The first kappa shape index (κ1) is 12.5. The van der Waals surface area contributed by atoms with E-state index in [1.165, 1.54) is 0 Å². The zero-order valence-corrected chi connectivity index (χ0v) is 11.0. The molecular formula is C14H15N3O3. The molecule has 1 aliphatic heterocycles. The Balaban J connectivity index is 1.66. The minimum Gasteiger partial charge on any atom is -0.482 e. The van der Waals surface area contributed by atoms with Gasteiger partial charge < -0.3 is 19.8 Å². The van der Waals surface area contributed by atoms with E-state index in [1.807, 2.05) is 25.1 Å². The molecule has 0 bridgehead atoms. The molecule has 2 heterocycles. The second kappa shape index (κ2) is 5.24. The van der Waals surface area contributed by atoms with Gasteiger partial charge in [0.05, 0.1) is 6.54 Å². The van der Waals surface area contributed by atoms with Gasteiger partial charge in [-0.3, -0.25) is 4.79 Å². The van der Waals surface area contributed by atoms with Crippen LogP contribution in [0.5, 0.6) is 11.5 Å². The molecule has 0 aliphatic carbocycles. The number of nitrogens with one attached hydrogen (secondary N) is 2. The predicted octanol–water partition coefficient (Wildman–Crippen LogP) is 1.25. The molecule has 0 fully saturated rings. The summed E-state index contributed by atoms with van der Waals surface area (Å²) in [6, 6.07) is 7.32. The smallest absolute Gasteiger partial charge is 0.265 e. The average molecular weight is 273 g/mol. The van der Waals surface area contributed by atoms with Crippen LogP contribution in [0, 0.1) is 0 Å². The van der Waals surface area contributed by atoms with E-state index < -0.39 is 6.10 Å². The van der Waals surface area contributed by atoms with E-state index in [1.54, 1.807) is 18.5 Å². The van der Waals surface area contributed by atoms with Crippen LogP contribution in [-0.2, 0) is 11.3 Å². The molecule has 1 aromatic carbocycles. The largest absolute Gasteiger partial charge is 0.482 e. The highest BCUT2D eigenvalue weighted by Crippen LogP contribution is 2.33. The van der Waals surface area contributed by atoms with Crippen LogP contribution in [0.4, 0.5) is 0 Å². The fourth-order valence-electron chi connectivity index (χ4n) is 2.07. The van der Waals surface area contributed by atoms with Crippen molar-refractivity contribution in [3.63, 3.8) is 0 Å². The van der Waals surface area contributed by atoms with Crippen molar-refractivity contribution in [3.8, 4) is 11.5 Å². The molecule has 6 heteroatoms. The summed E-state index contributed by atoms with van der Waals surface area (Å²) >= 11 is 0. The summed E-state index contributed by atoms with van der Waals surface area (Å²) in [4.78, 5) is 19.1. The maximum Gasteiger partial charge on any atom is 0.265 e. The molecule has 0 spiro atoms. The summed E-state index contributed by atoms with van der Waals surface area (Å²) in [6.45, 7) is 2.15. The lowest BCUT2D eigenvalue weighted by molar-refractivity contribution is -0.133. The van der Waals surface area contributed by atoms with Gasteiger partial charge >= 0.3 is 0 Å². The first-order valence-electron chi connectivity index (χ1n) is 6.42. The molecule has 1 amide bonds. The van der Waals surface area contributed by atoms with Crippen LogP contribution in [0.25, 0.3) is 0 Å². The van der Waals surface area contributed by atoms with Gasteiger partial charge in [-0.05, 0) is 19.1 Å². The third kappa shape index (κ3) is 2.45. The topological polar surface area (TPSA) is 76.2 Å². The van der Waals surface area contributed by atoms with Crippen LogP contribution in [0.2, 0.25) is 0 Å². The number of benzene rings is 1. The number of H-pyrrole nitrogens is 1. The molecule has 20 heavy (non-hydrogen) atoms. The summed E-state index contributed by atoms with van der Waals surface area (Å²) in [7, 11) is 0. The van der Waals surface area contributed by atoms with Gasteiger partial charge in [-0.2, -0.15) is 0 Å². The van der Waals surface area contributed by atoms with Crippen molar-refractivity contribution in [2.45, 2.75) is 25.7 Å². The Morgan fingerprint density at radius 2 is 2.10 bits per heavy atom. The summed E-state index contributed by atoms with van der Waals surface area (Å²) in [5.41, 5.74) is 0. The zero-order chi connectivity index (χ0) is 13.9. The Labute approximate surface area is 116 Å². The molecular weight excluding hydrogens is 258 g/mol. The number of aromatic nitrogens is 2. The normalized spacial score (nSPS) is 20.4. The molecule has 2 unspecified atom stereocenters. The summed E-state index contributed by atoms with van der Waals surface area (Å²) in [5.74, 6) is 1.73. The minimum absolute atomic E-state index is 0.219. The number of amides is 1. The summed E-state index contributed by atoms with van der Waals surface area (Å²) < 4.78 is 11.4. The second-order valence-corrected chi connectivity index (χ2v) is 4.56. The number of para-hydroxylation sites is 2. The van der Waals surface area contributed by atoms with Crippen molar-refractivity contribution in [2.24, 2.45) is 0 Å². The van der Waals surface area contributed by atoms with E-state index in [9.17, 15) is 4.79 Å². The highest BCUT2D eigenvalue weighted by molar-refractivity contribution is 5.82. The van der Waals surface area contributed by atoms with Crippen LogP contribution in [0.1, 0.15) is 12.7 Å². The molecule has 0 radical (unpaired) electrons. The van der Waals surface area contributed by atoms with Gasteiger partial charge in [0, 0.05) is 12.4 Å². The van der Waals surface area contributed by atoms with Gasteiger partial charge in [0.15, 0.2) is 11.5 Å². The van der Waals surface area contributed by atoms with Gasteiger partial charge in [-0.1, -0.05) is 12.1 Å². The molecule has 2 N–H and O–H groups in total. The van der Waals surface area contributed by atoms with E-state index in [0.717, 1.165) is 0 Å². The molecule has 0 saturated heterocycles. The van der Waals surface area contributed by atoms with E-state index in [0.29, 0.717) is 23.9 Å². The molecule has 1 aliphatic rings. The van der Waals surface area contributed by atoms with Crippen molar-refractivity contribution in [1.82, 2.24) is 15.3 Å². The number of carbonyl (C=O) groups is 1. The summed E-state index contributed by atoms with van der Waals surface area (Å²) in [5, 5.41) is 2.78. The second-order valence-electron chi connectivity index (χ2n) is 4.56. The number of hydrogen-bond donors (Lipinski definition) is 2. The number of carbonyl (C=O) groups excluding carboxylic acids is 1. The van der Waals surface area contributed by atoms with E-state index >= 15 is 0 Å². The van der Waals surface area contributed by atoms with Gasteiger partial charge in [0.1, 0.15) is 11.9 Å². The van der Waals surface area contributed by atoms with Crippen LogP contribution >= 0.6 is 0 Å². The fraction of sp³-hybridized carbons (Fsp3) is 0.286. The van der Waals surface area contributed by atoms with Crippen molar-refractivity contribution in [1.29, 1.82) is 0 Å². The van der Waals surface area contributed by atoms with Crippen LogP contribution in [0.15, 0.2) is 36.7 Å². The fourth-order valence-corrected chi connectivity index (χ4v) is 2.07. The predicted molar refractivity (Wildman–Crippen MR) is 71.4 cm³/mol. The Morgan fingerprint density at radius 1 is 1.35 bits per heavy atom. The Bertz CT molecular complexity index is 597. The first-order chi connectivity index (χ1) is 9.74. The maximum atomic E-state index is 12.2. The number of imidazole rings is 1. The lowest BCUT2D eigenvalue weighted by atomic mass is 10.1. The molecule has 2 aromatic rings. The molecule has 104 valence electrons. The standard InChI is InChI=1S/C14H15N3O3/c1-9-13(14(18)17-8-12-15-6-7-16-12)20-11-5-3-2-4-10(11)19-9/h2-7,9,13H,8H2,1H3,(H,15,16)(H,17,18). The van der Waals surface area contributed by atoms with E-state index in [4.69, 9.17) is 9.47 Å². The van der Waals surface area contributed by atoms with Crippen molar-refractivity contribution < 1.29 is 14.3 Å². The zero-order valence-electron chi connectivity index (χ0n) is 11.0. The minimum atomic E-state index is -0.667.